The van der Waals surface area contributed by atoms with Gasteiger partial charge in [-0.05, 0) is 61.6 Å². The average Bonchev–Trinajstić information content (AvgIpc) is 2.64. The Kier molecular flexibility index (Phi) is 5.95. The zero-order chi connectivity index (χ0) is 21.3. The van der Waals surface area contributed by atoms with E-state index in [0.29, 0.717) is 11.3 Å². The van der Waals surface area contributed by atoms with Gasteiger partial charge in [-0.2, -0.15) is 0 Å². The van der Waals surface area contributed by atoms with E-state index in [2.05, 4.69) is 15.9 Å². The van der Waals surface area contributed by atoms with Gasteiger partial charge in [-0.3, -0.25) is 14.5 Å². The molecule has 0 N–H and O–H groups in total. The summed E-state index contributed by atoms with van der Waals surface area (Å²) >= 11 is 3.40. The van der Waals surface area contributed by atoms with Crippen LogP contribution in [-0.4, -0.2) is 32.3 Å². The number of anilines is 1. The number of ether oxygens (including phenoxy) is 1. The van der Waals surface area contributed by atoms with Crippen molar-refractivity contribution in [3.8, 4) is 0 Å². The molecule has 29 heavy (non-hydrogen) atoms. The second-order valence-corrected chi connectivity index (χ2v) is 13.1. The molecule has 3 rings (SSSR count). The van der Waals surface area contributed by atoms with Crippen molar-refractivity contribution in [1.82, 2.24) is 0 Å². The first kappa shape index (κ1) is 21.3. The SMILES string of the molecule is CC(=O)O[C@@H]1C(=O)N(c2ccc(C(=O)O[Si](C)(C)C)cc2)[C@H]1c1ccc(Br)cc1. The molecule has 0 radical (unpaired) electrons. The molecule has 1 aliphatic rings. The Labute approximate surface area is 179 Å². The minimum Gasteiger partial charge on any atom is -0.516 e. The van der Waals surface area contributed by atoms with Crippen LogP contribution in [0, 0.1) is 0 Å². The highest BCUT2D eigenvalue weighted by molar-refractivity contribution is 9.10. The lowest BCUT2D eigenvalue weighted by Crippen LogP contribution is -2.60. The maximum atomic E-state index is 12.7. The largest absolute Gasteiger partial charge is 0.516 e. The molecule has 2 atom stereocenters. The highest BCUT2D eigenvalue weighted by Crippen LogP contribution is 2.41. The fourth-order valence-electron chi connectivity index (χ4n) is 3.12. The van der Waals surface area contributed by atoms with E-state index in [9.17, 15) is 14.4 Å². The van der Waals surface area contributed by atoms with Gasteiger partial charge in [0, 0.05) is 17.1 Å². The number of nitrogens with zero attached hydrogens (tertiary/aromatic N) is 1. The van der Waals surface area contributed by atoms with Gasteiger partial charge in [0.05, 0.1) is 5.56 Å². The zero-order valence-electron chi connectivity index (χ0n) is 16.6. The van der Waals surface area contributed by atoms with Gasteiger partial charge in [0.1, 0.15) is 6.04 Å². The van der Waals surface area contributed by atoms with Crippen LogP contribution in [0.2, 0.25) is 19.6 Å². The van der Waals surface area contributed by atoms with E-state index < -0.39 is 26.4 Å². The van der Waals surface area contributed by atoms with Crippen LogP contribution in [0.15, 0.2) is 53.0 Å². The maximum Gasteiger partial charge on any atom is 0.324 e. The number of halogens is 1. The van der Waals surface area contributed by atoms with Crippen LogP contribution in [0.3, 0.4) is 0 Å². The molecule has 1 aliphatic heterocycles. The number of amides is 1. The number of rotatable bonds is 5. The van der Waals surface area contributed by atoms with Gasteiger partial charge >= 0.3 is 11.9 Å². The number of carbonyl (C=O) groups excluding carboxylic acids is 3. The highest BCUT2D eigenvalue weighted by atomic mass is 79.9. The van der Waals surface area contributed by atoms with E-state index in [-0.39, 0.29) is 11.9 Å². The lowest BCUT2D eigenvalue weighted by atomic mass is 9.89. The summed E-state index contributed by atoms with van der Waals surface area (Å²) in [7, 11) is -2.00. The van der Waals surface area contributed by atoms with Crippen molar-refractivity contribution < 1.29 is 23.5 Å². The Hall–Kier alpha value is -2.45. The van der Waals surface area contributed by atoms with Crippen molar-refractivity contribution in [2.45, 2.75) is 38.7 Å². The van der Waals surface area contributed by atoms with E-state index in [0.717, 1.165) is 10.0 Å². The Morgan fingerprint density at radius 3 is 2.10 bits per heavy atom. The van der Waals surface area contributed by atoms with E-state index in [1.54, 1.807) is 29.2 Å². The maximum absolute atomic E-state index is 12.7. The molecule has 1 saturated heterocycles. The molecule has 152 valence electrons. The summed E-state index contributed by atoms with van der Waals surface area (Å²) in [5.41, 5.74) is 1.90. The highest BCUT2D eigenvalue weighted by Gasteiger charge is 2.51. The Bertz CT molecular complexity index is 937. The van der Waals surface area contributed by atoms with E-state index in [1.807, 2.05) is 43.9 Å². The predicted molar refractivity (Wildman–Crippen MR) is 115 cm³/mol. The van der Waals surface area contributed by atoms with Crippen molar-refractivity contribution in [2.24, 2.45) is 0 Å². The summed E-state index contributed by atoms with van der Waals surface area (Å²) in [4.78, 5) is 38.0. The smallest absolute Gasteiger partial charge is 0.324 e. The summed E-state index contributed by atoms with van der Waals surface area (Å²) in [5.74, 6) is -1.17. The minimum absolute atomic E-state index is 0.300. The number of hydrogen-bond acceptors (Lipinski definition) is 5. The predicted octanol–water partition coefficient (Wildman–Crippen LogP) is 4.46. The Balaban J connectivity index is 1.87. The van der Waals surface area contributed by atoms with Crippen LogP contribution in [0.4, 0.5) is 5.69 Å². The molecule has 8 heteroatoms. The molecule has 1 amide bonds. The minimum atomic E-state index is -2.00. The lowest BCUT2D eigenvalue weighted by molar-refractivity contribution is -0.160. The van der Waals surface area contributed by atoms with Crippen LogP contribution in [0.1, 0.15) is 28.9 Å². The summed E-state index contributed by atoms with van der Waals surface area (Å²) in [5, 5.41) is 0. The quantitative estimate of drug-likeness (QED) is 0.362. The molecule has 0 aromatic heterocycles. The standard InChI is InChI=1S/C21H22BrNO5Si/c1-13(24)27-19-18(14-5-9-16(22)10-6-14)23(20(19)25)17-11-7-15(8-12-17)21(26)28-29(2,3)4/h5-12,18-19H,1-4H3/t18-,19-/m0/s1. The van der Waals surface area contributed by atoms with E-state index in [4.69, 9.17) is 9.16 Å². The first-order chi connectivity index (χ1) is 13.6. The molecule has 1 heterocycles. The van der Waals surface area contributed by atoms with Crippen LogP contribution < -0.4 is 4.90 Å². The van der Waals surface area contributed by atoms with Gasteiger partial charge in [0.25, 0.3) is 5.91 Å². The van der Waals surface area contributed by atoms with Crippen LogP contribution in [0.5, 0.6) is 0 Å². The number of esters is 1. The normalized spacial score (nSPS) is 18.8. The zero-order valence-corrected chi connectivity index (χ0v) is 19.2. The third kappa shape index (κ3) is 4.76. The number of hydrogen-bond donors (Lipinski definition) is 0. The molecule has 6 nitrogen and oxygen atoms in total. The van der Waals surface area contributed by atoms with Crippen LogP contribution >= 0.6 is 15.9 Å². The second-order valence-electron chi connectivity index (χ2n) is 7.78. The lowest BCUT2D eigenvalue weighted by Gasteiger charge is -2.46. The van der Waals surface area contributed by atoms with Gasteiger partial charge in [-0.15, -0.1) is 0 Å². The Morgan fingerprint density at radius 1 is 1.00 bits per heavy atom. The van der Waals surface area contributed by atoms with Crippen molar-refractivity contribution in [3.05, 3.63) is 64.1 Å². The summed E-state index contributed by atoms with van der Waals surface area (Å²) in [6.07, 6.45) is -0.870. The fraction of sp³-hybridized carbons (Fsp3) is 0.286. The van der Waals surface area contributed by atoms with Crippen molar-refractivity contribution >= 4 is 47.8 Å². The molecule has 2 aromatic carbocycles. The van der Waals surface area contributed by atoms with E-state index in [1.165, 1.54) is 6.92 Å². The van der Waals surface area contributed by atoms with Crippen molar-refractivity contribution in [2.75, 3.05) is 4.90 Å². The van der Waals surface area contributed by atoms with Gasteiger partial charge in [-0.25, -0.2) is 4.79 Å². The molecule has 0 unspecified atom stereocenters. The molecule has 0 saturated carbocycles. The molecule has 1 fully saturated rings. The van der Waals surface area contributed by atoms with Crippen LogP contribution in [-0.2, 0) is 18.8 Å². The summed E-state index contributed by atoms with van der Waals surface area (Å²) < 4.78 is 11.7. The van der Waals surface area contributed by atoms with Crippen molar-refractivity contribution in [3.63, 3.8) is 0 Å². The Morgan fingerprint density at radius 2 is 1.59 bits per heavy atom. The third-order valence-corrected chi connectivity index (χ3v) is 5.66. The molecular formula is C21H22BrNO5Si. The van der Waals surface area contributed by atoms with E-state index >= 15 is 0 Å². The molecule has 0 bridgehead atoms. The molecular weight excluding hydrogens is 454 g/mol. The fourth-order valence-corrected chi connectivity index (χ4v) is 4.06. The topological polar surface area (TPSA) is 72.9 Å². The van der Waals surface area contributed by atoms with Gasteiger partial charge in [-0.1, -0.05) is 28.1 Å². The van der Waals surface area contributed by atoms with Crippen LogP contribution in [0.25, 0.3) is 0 Å². The first-order valence-electron chi connectivity index (χ1n) is 9.16. The first-order valence-corrected chi connectivity index (χ1v) is 13.4. The number of benzene rings is 2. The molecule has 0 spiro atoms. The average molecular weight is 476 g/mol. The molecule has 2 aromatic rings. The van der Waals surface area contributed by atoms with Gasteiger partial charge in [0.15, 0.2) is 0 Å². The molecule has 0 aliphatic carbocycles. The monoisotopic (exact) mass is 475 g/mol. The number of β-lactam (4-membered cyclic amide) rings is 1. The van der Waals surface area contributed by atoms with Gasteiger partial charge in [0.2, 0.25) is 14.4 Å². The summed E-state index contributed by atoms with van der Waals surface area (Å²) in [6, 6.07) is 13.8. The number of carbonyl (C=O) groups is 3. The summed E-state index contributed by atoms with van der Waals surface area (Å²) in [6.45, 7) is 7.11. The van der Waals surface area contributed by atoms with Gasteiger partial charge < -0.3 is 9.16 Å². The van der Waals surface area contributed by atoms with Crippen molar-refractivity contribution in [1.29, 1.82) is 0 Å². The second kappa shape index (κ2) is 8.12. The third-order valence-electron chi connectivity index (χ3n) is 4.33.